The fourth-order valence-electron chi connectivity index (χ4n) is 5.17. The summed E-state index contributed by atoms with van der Waals surface area (Å²) < 4.78 is 0. The fraction of sp³-hybridized carbons (Fsp3) is 0.167. The molecule has 1 aliphatic rings. The van der Waals surface area contributed by atoms with Crippen molar-refractivity contribution < 1.29 is 0 Å². The first-order valence-corrected chi connectivity index (χ1v) is 13.1. The van der Waals surface area contributed by atoms with Crippen LogP contribution in [0.5, 0.6) is 0 Å². The molecule has 0 N–H and O–H groups in total. The average Bonchev–Trinajstić information content (AvgIpc) is 3.26. The number of rotatable bonds is 5. The normalized spacial score (nSPS) is 13.2. The van der Waals surface area contributed by atoms with Crippen LogP contribution >= 0.6 is 0 Å². The van der Waals surface area contributed by atoms with Crippen LogP contribution in [0.1, 0.15) is 56.9 Å². The van der Waals surface area contributed by atoms with Crippen LogP contribution in [0.15, 0.2) is 140 Å². The van der Waals surface area contributed by atoms with Crippen LogP contribution in [0.3, 0.4) is 0 Å². The van der Waals surface area contributed by atoms with Crippen molar-refractivity contribution in [3.63, 3.8) is 0 Å². The largest absolute Gasteiger partial charge is 0.0987 e. The molecular formula is C36H38. The molecule has 0 heterocycles. The van der Waals surface area contributed by atoms with Crippen molar-refractivity contribution in [1.29, 1.82) is 0 Å². The van der Waals surface area contributed by atoms with Gasteiger partial charge in [-0.3, -0.25) is 0 Å². The highest BCUT2D eigenvalue weighted by Gasteiger charge is 2.46. The van der Waals surface area contributed by atoms with Crippen molar-refractivity contribution in [1.82, 2.24) is 0 Å². The maximum absolute atomic E-state index is 4.29. The zero-order chi connectivity index (χ0) is 26.0. The minimum atomic E-state index is -0.417. The minimum absolute atomic E-state index is 0.417. The van der Waals surface area contributed by atoms with Crippen molar-refractivity contribution in [3.05, 3.63) is 162 Å². The van der Waals surface area contributed by atoms with Gasteiger partial charge in [-0.15, -0.1) is 0 Å². The third-order valence-corrected chi connectivity index (χ3v) is 6.47. The van der Waals surface area contributed by atoms with Gasteiger partial charge in [-0.25, -0.2) is 0 Å². The summed E-state index contributed by atoms with van der Waals surface area (Å²) in [5.74, 6) is 0. The van der Waals surface area contributed by atoms with Crippen molar-refractivity contribution in [2.75, 3.05) is 0 Å². The summed E-state index contributed by atoms with van der Waals surface area (Å²) in [6.45, 7) is 14.4. The zero-order valence-electron chi connectivity index (χ0n) is 22.3. The second-order valence-electron chi connectivity index (χ2n) is 8.14. The molecule has 4 aromatic carbocycles. The van der Waals surface area contributed by atoms with E-state index in [9.17, 15) is 0 Å². The van der Waals surface area contributed by atoms with E-state index < -0.39 is 5.41 Å². The summed E-state index contributed by atoms with van der Waals surface area (Å²) in [4.78, 5) is 0. The van der Waals surface area contributed by atoms with Crippen molar-refractivity contribution in [3.8, 4) is 11.1 Å². The third kappa shape index (κ3) is 4.64. The minimum Gasteiger partial charge on any atom is -0.0987 e. The SMILES string of the molecule is C=CC1=C(/C=C\C)c2ccc(-c3ccccc3)cc2C1(c1ccccc1)c1ccccc1.CC.CC. The van der Waals surface area contributed by atoms with Crippen molar-refractivity contribution in [2.45, 2.75) is 40.0 Å². The van der Waals surface area contributed by atoms with E-state index in [2.05, 4.69) is 141 Å². The lowest BCUT2D eigenvalue weighted by atomic mass is 9.66. The topological polar surface area (TPSA) is 0 Å². The molecule has 36 heavy (non-hydrogen) atoms. The number of allylic oxidation sites excluding steroid dienone is 5. The lowest BCUT2D eigenvalue weighted by Crippen LogP contribution is -2.29. The Morgan fingerprint density at radius 3 is 1.58 bits per heavy atom. The molecule has 0 bridgehead atoms. The molecule has 0 spiro atoms. The molecule has 0 aliphatic heterocycles. The number of hydrogen-bond acceptors (Lipinski definition) is 0. The van der Waals surface area contributed by atoms with E-state index in [1.807, 2.05) is 27.7 Å². The highest BCUT2D eigenvalue weighted by atomic mass is 14.5. The molecule has 0 nitrogen and oxygen atoms in total. The average molecular weight is 471 g/mol. The van der Waals surface area contributed by atoms with Crippen LogP contribution in [-0.2, 0) is 5.41 Å². The van der Waals surface area contributed by atoms with E-state index in [0.29, 0.717) is 0 Å². The Kier molecular flexibility index (Phi) is 9.42. The summed E-state index contributed by atoms with van der Waals surface area (Å²) in [5.41, 5.74) is 9.59. The Morgan fingerprint density at radius 2 is 1.11 bits per heavy atom. The Labute approximate surface area is 218 Å². The first kappa shape index (κ1) is 26.7. The molecule has 4 aromatic rings. The van der Waals surface area contributed by atoms with Crippen LogP contribution in [-0.4, -0.2) is 0 Å². The standard InChI is InChI=1S/C32H26.2C2H6/c1-3-14-28-29-22-21-25(24-15-8-5-9-16-24)23-31(29)32(30(28)4-2,26-17-10-6-11-18-26)27-19-12-7-13-20-27;2*1-2/h3-23H,2H2,1H3;2*1-2H3/b14-3-;;. The lowest BCUT2D eigenvalue weighted by molar-refractivity contribution is 0.762. The van der Waals surface area contributed by atoms with Crippen LogP contribution in [0, 0.1) is 0 Å². The Balaban J connectivity index is 0.000000861. The molecule has 182 valence electrons. The second-order valence-corrected chi connectivity index (χ2v) is 8.14. The quantitative estimate of drug-likeness (QED) is 0.272. The monoisotopic (exact) mass is 470 g/mol. The third-order valence-electron chi connectivity index (χ3n) is 6.47. The Morgan fingerprint density at radius 1 is 0.611 bits per heavy atom. The van der Waals surface area contributed by atoms with Crippen LogP contribution < -0.4 is 0 Å². The van der Waals surface area contributed by atoms with Gasteiger partial charge in [0.15, 0.2) is 0 Å². The smallest absolute Gasteiger partial charge is 0.0713 e. The molecule has 5 rings (SSSR count). The zero-order valence-corrected chi connectivity index (χ0v) is 22.3. The predicted molar refractivity (Wildman–Crippen MR) is 159 cm³/mol. The van der Waals surface area contributed by atoms with E-state index in [1.165, 1.54) is 44.5 Å². The first-order valence-electron chi connectivity index (χ1n) is 13.1. The summed E-state index contributed by atoms with van der Waals surface area (Å²) in [6, 6.07) is 39.2. The van der Waals surface area contributed by atoms with Gasteiger partial charge in [0.2, 0.25) is 0 Å². The second kappa shape index (κ2) is 12.7. The highest BCUT2D eigenvalue weighted by Crippen LogP contribution is 2.55. The van der Waals surface area contributed by atoms with Gasteiger partial charge < -0.3 is 0 Å². The van der Waals surface area contributed by atoms with Crippen LogP contribution in [0.2, 0.25) is 0 Å². The Hall–Kier alpha value is -3.90. The van der Waals surface area contributed by atoms with Gasteiger partial charge in [0, 0.05) is 0 Å². The number of benzene rings is 4. The van der Waals surface area contributed by atoms with Gasteiger partial charge in [0.1, 0.15) is 0 Å². The summed E-state index contributed by atoms with van der Waals surface area (Å²) in [6.07, 6.45) is 6.41. The van der Waals surface area contributed by atoms with E-state index in [0.717, 1.165) is 0 Å². The van der Waals surface area contributed by atoms with Crippen molar-refractivity contribution in [2.24, 2.45) is 0 Å². The summed E-state index contributed by atoms with van der Waals surface area (Å²) >= 11 is 0. The first-order chi connectivity index (χ1) is 17.8. The molecule has 0 heteroatoms. The van der Waals surface area contributed by atoms with Gasteiger partial charge in [0.25, 0.3) is 0 Å². The van der Waals surface area contributed by atoms with Gasteiger partial charge >= 0.3 is 0 Å². The predicted octanol–water partition coefficient (Wildman–Crippen LogP) is 10.3. The highest BCUT2D eigenvalue weighted by molar-refractivity contribution is 5.92. The van der Waals surface area contributed by atoms with Crippen LogP contribution in [0.25, 0.3) is 16.7 Å². The van der Waals surface area contributed by atoms with E-state index in [-0.39, 0.29) is 0 Å². The molecule has 0 amide bonds. The molecule has 1 aliphatic carbocycles. The maximum atomic E-state index is 4.29. The lowest BCUT2D eigenvalue weighted by Gasteiger charge is -2.35. The molecule has 0 radical (unpaired) electrons. The molecule has 0 fully saturated rings. The van der Waals surface area contributed by atoms with Gasteiger partial charge in [0.05, 0.1) is 5.41 Å². The van der Waals surface area contributed by atoms with E-state index in [4.69, 9.17) is 0 Å². The Bertz CT molecular complexity index is 1270. The molecule has 0 saturated heterocycles. The van der Waals surface area contributed by atoms with Crippen molar-refractivity contribution >= 4 is 5.57 Å². The molecule has 0 aromatic heterocycles. The number of hydrogen-bond donors (Lipinski definition) is 0. The fourth-order valence-corrected chi connectivity index (χ4v) is 5.17. The van der Waals surface area contributed by atoms with Gasteiger partial charge in [-0.05, 0) is 57.5 Å². The van der Waals surface area contributed by atoms with Crippen LogP contribution in [0.4, 0.5) is 0 Å². The summed E-state index contributed by atoms with van der Waals surface area (Å²) in [7, 11) is 0. The molecule has 0 saturated carbocycles. The maximum Gasteiger partial charge on any atom is 0.0713 e. The molecule has 0 atom stereocenters. The van der Waals surface area contributed by atoms with Gasteiger partial charge in [-0.2, -0.15) is 0 Å². The van der Waals surface area contributed by atoms with Gasteiger partial charge in [-0.1, -0.05) is 156 Å². The summed E-state index contributed by atoms with van der Waals surface area (Å²) in [5, 5.41) is 0. The number of fused-ring (bicyclic) bond motifs is 1. The molecule has 0 unspecified atom stereocenters. The van der Waals surface area contributed by atoms with E-state index >= 15 is 0 Å². The van der Waals surface area contributed by atoms with E-state index in [1.54, 1.807) is 0 Å². The molecular weight excluding hydrogens is 432 g/mol.